The van der Waals surface area contributed by atoms with Crippen LogP contribution < -0.4 is 10.6 Å². The van der Waals surface area contributed by atoms with Gasteiger partial charge >= 0.3 is 0 Å². The summed E-state index contributed by atoms with van der Waals surface area (Å²) in [6.07, 6.45) is 1.30. The van der Waals surface area contributed by atoms with E-state index < -0.39 is 29.0 Å². The van der Waals surface area contributed by atoms with Crippen molar-refractivity contribution in [2.45, 2.75) is 19.4 Å². The molecule has 2 heterocycles. The van der Waals surface area contributed by atoms with E-state index in [9.17, 15) is 23.5 Å². The molecule has 0 aliphatic carbocycles. The lowest BCUT2D eigenvalue weighted by molar-refractivity contribution is 0.0691. The van der Waals surface area contributed by atoms with Crippen LogP contribution in [0.5, 0.6) is 0 Å². The number of aromatic nitrogens is 3. The van der Waals surface area contributed by atoms with Crippen molar-refractivity contribution >= 4 is 29.2 Å². The number of nitrogens with zero attached hydrogens (tertiary/aromatic N) is 3. The van der Waals surface area contributed by atoms with Gasteiger partial charge in [-0.15, -0.1) is 0 Å². The summed E-state index contributed by atoms with van der Waals surface area (Å²) < 4.78 is 30.2. The maximum absolute atomic E-state index is 14.6. The molecule has 0 fully saturated rings. The summed E-state index contributed by atoms with van der Waals surface area (Å²) in [5.74, 6) is -2.81. The van der Waals surface area contributed by atoms with Crippen molar-refractivity contribution < 1.29 is 23.5 Å². The number of pyridine rings is 1. The second-order valence-electron chi connectivity index (χ2n) is 8.76. The second-order valence-corrected chi connectivity index (χ2v) is 9.16. The third kappa shape index (κ3) is 5.99. The fourth-order valence-corrected chi connectivity index (χ4v) is 3.64. The van der Waals surface area contributed by atoms with Crippen LogP contribution in [0.4, 0.5) is 14.6 Å². The van der Waals surface area contributed by atoms with Crippen LogP contribution in [0.3, 0.4) is 0 Å². The monoisotopic (exact) mass is 525 g/mol. The summed E-state index contributed by atoms with van der Waals surface area (Å²) in [5.41, 5.74) is -1.27. The van der Waals surface area contributed by atoms with Crippen molar-refractivity contribution in [1.29, 1.82) is 0 Å². The minimum absolute atomic E-state index is 0.0233. The van der Waals surface area contributed by atoms with E-state index in [2.05, 4.69) is 20.7 Å². The van der Waals surface area contributed by atoms with E-state index in [4.69, 9.17) is 11.6 Å². The number of carbonyl (C=O) groups is 2. The third-order valence-electron chi connectivity index (χ3n) is 5.18. The first-order valence-electron chi connectivity index (χ1n) is 11.1. The number of carbonyl (C=O) groups excluding carboxylic acids is 2. The molecular weight excluding hydrogens is 504 g/mol. The molecule has 0 bridgehead atoms. The second kappa shape index (κ2) is 10.5. The SMILES string of the molecule is CC(C)(O)CNC(=O)c1cc(NC(=O)c2cc(-c3ncccc3F)c(F)cc2Cl)n(-c2ccccc2)n1. The smallest absolute Gasteiger partial charge is 0.271 e. The summed E-state index contributed by atoms with van der Waals surface area (Å²) in [5, 5.41) is 19.2. The van der Waals surface area contributed by atoms with Crippen molar-refractivity contribution in [2.75, 3.05) is 11.9 Å². The highest BCUT2D eigenvalue weighted by atomic mass is 35.5. The molecular formula is C26H22ClF2N5O3. The fraction of sp³-hybridized carbons (Fsp3) is 0.154. The summed E-state index contributed by atoms with van der Waals surface area (Å²) in [6.45, 7) is 3.06. The van der Waals surface area contributed by atoms with Crippen molar-refractivity contribution in [1.82, 2.24) is 20.1 Å². The van der Waals surface area contributed by atoms with Gasteiger partial charge in [-0.3, -0.25) is 14.6 Å². The summed E-state index contributed by atoms with van der Waals surface area (Å²) in [6, 6.07) is 14.6. The van der Waals surface area contributed by atoms with Crippen LogP contribution >= 0.6 is 11.6 Å². The highest BCUT2D eigenvalue weighted by Gasteiger charge is 2.23. The molecule has 0 aliphatic rings. The van der Waals surface area contributed by atoms with E-state index >= 15 is 0 Å². The molecule has 0 radical (unpaired) electrons. The molecule has 3 N–H and O–H groups in total. The molecule has 4 rings (SSSR count). The lowest BCUT2D eigenvalue weighted by Gasteiger charge is -2.16. The van der Waals surface area contributed by atoms with Crippen molar-refractivity contribution in [3.05, 3.63) is 94.8 Å². The maximum atomic E-state index is 14.6. The van der Waals surface area contributed by atoms with Crippen LogP contribution in [0, 0.1) is 11.6 Å². The first kappa shape index (κ1) is 25.9. The molecule has 2 aromatic carbocycles. The van der Waals surface area contributed by atoms with Crippen LogP contribution in [0.2, 0.25) is 5.02 Å². The Labute approximate surface area is 215 Å². The minimum Gasteiger partial charge on any atom is -0.389 e. The van der Waals surface area contributed by atoms with Crippen LogP contribution in [0.1, 0.15) is 34.7 Å². The Morgan fingerprint density at radius 2 is 1.76 bits per heavy atom. The number of benzene rings is 2. The Balaban J connectivity index is 1.70. The number of hydrogen-bond donors (Lipinski definition) is 3. The topological polar surface area (TPSA) is 109 Å². The predicted octanol–water partition coefficient (Wildman–Crippen LogP) is 4.62. The van der Waals surface area contributed by atoms with Gasteiger partial charge in [-0.25, -0.2) is 13.5 Å². The molecule has 11 heteroatoms. The number of halogens is 3. The summed E-state index contributed by atoms with van der Waals surface area (Å²) in [7, 11) is 0. The van der Waals surface area contributed by atoms with E-state index in [-0.39, 0.29) is 39.9 Å². The highest BCUT2D eigenvalue weighted by Crippen LogP contribution is 2.30. The summed E-state index contributed by atoms with van der Waals surface area (Å²) in [4.78, 5) is 29.7. The first-order chi connectivity index (χ1) is 17.5. The first-order valence-corrected chi connectivity index (χ1v) is 11.5. The van der Waals surface area contributed by atoms with Gasteiger partial charge in [0.15, 0.2) is 5.69 Å². The zero-order chi connectivity index (χ0) is 26.7. The zero-order valence-electron chi connectivity index (χ0n) is 19.8. The Bertz CT molecular complexity index is 1470. The van der Waals surface area contributed by atoms with Gasteiger partial charge in [-0.05, 0) is 50.2 Å². The van der Waals surface area contributed by atoms with E-state index in [1.807, 2.05) is 0 Å². The molecule has 0 spiro atoms. The van der Waals surface area contributed by atoms with Gasteiger partial charge in [0.2, 0.25) is 0 Å². The van der Waals surface area contributed by atoms with Crippen molar-refractivity contribution in [3.8, 4) is 16.9 Å². The van der Waals surface area contributed by atoms with E-state index in [0.717, 1.165) is 18.2 Å². The predicted molar refractivity (Wildman–Crippen MR) is 135 cm³/mol. The average Bonchev–Trinajstić information content (AvgIpc) is 3.27. The van der Waals surface area contributed by atoms with E-state index in [1.165, 1.54) is 23.0 Å². The van der Waals surface area contributed by atoms with Crippen LogP contribution in [0.25, 0.3) is 16.9 Å². The number of anilines is 1. The number of para-hydroxylation sites is 1. The lowest BCUT2D eigenvalue weighted by Crippen LogP contribution is -2.38. The molecule has 0 aliphatic heterocycles. The normalized spacial score (nSPS) is 11.3. The summed E-state index contributed by atoms with van der Waals surface area (Å²) >= 11 is 6.16. The standard InChI is InChI=1S/C26H22ClF2N5O3/c1-26(2,37)14-31-25(36)21-13-22(34(33-21)15-7-4-3-5-8-15)32-24(35)16-11-17(20(29)12-18(16)27)23-19(28)9-6-10-30-23/h3-13,37H,14H2,1-2H3,(H,31,36)(H,32,35). The molecule has 0 unspecified atom stereocenters. The Kier molecular flexibility index (Phi) is 7.33. The Hall–Kier alpha value is -4.15. The molecule has 0 saturated carbocycles. The van der Waals surface area contributed by atoms with Gasteiger partial charge in [-0.1, -0.05) is 29.8 Å². The molecule has 8 nitrogen and oxygen atoms in total. The van der Waals surface area contributed by atoms with Crippen LogP contribution in [-0.2, 0) is 0 Å². The molecule has 37 heavy (non-hydrogen) atoms. The molecule has 0 saturated heterocycles. The zero-order valence-corrected chi connectivity index (χ0v) is 20.6. The maximum Gasteiger partial charge on any atom is 0.271 e. The highest BCUT2D eigenvalue weighted by molar-refractivity contribution is 6.34. The average molecular weight is 526 g/mol. The van der Waals surface area contributed by atoms with Crippen molar-refractivity contribution in [3.63, 3.8) is 0 Å². The lowest BCUT2D eigenvalue weighted by atomic mass is 10.1. The van der Waals surface area contributed by atoms with Gasteiger partial charge in [0.05, 0.1) is 21.9 Å². The molecule has 2 aromatic heterocycles. The minimum atomic E-state index is -1.14. The van der Waals surface area contributed by atoms with E-state index in [0.29, 0.717) is 5.69 Å². The fourth-order valence-electron chi connectivity index (χ4n) is 3.41. The number of nitrogens with one attached hydrogen (secondary N) is 2. The van der Waals surface area contributed by atoms with Crippen LogP contribution in [-0.4, -0.2) is 43.8 Å². The van der Waals surface area contributed by atoms with Gasteiger partial charge in [0.1, 0.15) is 23.1 Å². The number of rotatable bonds is 7. The largest absolute Gasteiger partial charge is 0.389 e. The van der Waals surface area contributed by atoms with Crippen molar-refractivity contribution in [2.24, 2.45) is 0 Å². The molecule has 4 aromatic rings. The van der Waals surface area contributed by atoms with Gasteiger partial charge in [0.25, 0.3) is 11.8 Å². The van der Waals surface area contributed by atoms with Gasteiger partial charge < -0.3 is 15.7 Å². The molecule has 2 amide bonds. The van der Waals surface area contributed by atoms with E-state index in [1.54, 1.807) is 44.2 Å². The quantitative estimate of drug-likeness (QED) is 0.326. The Morgan fingerprint density at radius 1 is 1.03 bits per heavy atom. The van der Waals surface area contributed by atoms with Crippen LogP contribution in [0.15, 0.2) is 66.9 Å². The van der Waals surface area contributed by atoms with Gasteiger partial charge in [0, 0.05) is 24.4 Å². The number of amides is 2. The number of hydrogen-bond acceptors (Lipinski definition) is 5. The number of aliphatic hydroxyl groups is 1. The third-order valence-corrected chi connectivity index (χ3v) is 5.49. The molecule has 190 valence electrons. The molecule has 0 atom stereocenters. The Morgan fingerprint density at radius 3 is 2.43 bits per heavy atom. The van der Waals surface area contributed by atoms with Gasteiger partial charge in [-0.2, -0.15) is 5.10 Å².